The summed E-state index contributed by atoms with van der Waals surface area (Å²) in [7, 11) is 0. The Hall–Kier alpha value is -1.86. The number of carbonyl (C=O) groups is 1. The second kappa shape index (κ2) is 7.40. The molecule has 9 heteroatoms. The van der Waals surface area contributed by atoms with Gasteiger partial charge in [0, 0.05) is 25.2 Å². The zero-order chi connectivity index (χ0) is 18.9. The lowest BCUT2D eigenvalue weighted by Crippen LogP contribution is -2.41. The van der Waals surface area contributed by atoms with Crippen LogP contribution in [0.25, 0.3) is 11.6 Å². The molecule has 26 heavy (non-hydrogen) atoms. The fraction of sp³-hybridized carbons (Fsp3) is 0.529. The molecule has 0 N–H and O–H groups in total. The molecule has 1 fully saturated rings. The fourth-order valence-electron chi connectivity index (χ4n) is 2.70. The Balaban J connectivity index is 1.64. The molecule has 0 aliphatic carbocycles. The van der Waals surface area contributed by atoms with Crippen LogP contribution in [0.3, 0.4) is 0 Å². The quantitative estimate of drug-likeness (QED) is 0.737. The Labute approximate surface area is 161 Å². The average Bonchev–Trinajstić information content (AvgIpc) is 3.03. The van der Waals surface area contributed by atoms with Crippen LogP contribution in [0.2, 0.25) is 10.0 Å². The standard InChI is InChI=1S/C17H20Cl2N4O3/c1-17(2,3)26-16(24)23-6-4-10(5-7-23)14-21-22-15(25-14)13-12(19)8-11(18)9-20-13/h8-10H,4-7H2,1-3H3. The van der Waals surface area contributed by atoms with E-state index in [0.717, 1.165) is 12.8 Å². The number of likely N-dealkylation sites (tertiary alicyclic amines) is 1. The number of nitrogens with zero attached hydrogens (tertiary/aromatic N) is 4. The predicted molar refractivity (Wildman–Crippen MR) is 97.3 cm³/mol. The lowest BCUT2D eigenvalue weighted by Gasteiger charge is -2.32. The number of rotatable bonds is 2. The summed E-state index contributed by atoms with van der Waals surface area (Å²) < 4.78 is 11.2. The number of piperidine rings is 1. The van der Waals surface area contributed by atoms with E-state index in [-0.39, 0.29) is 17.9 Å². The van der Waals surface area contributed by atoms with E-state index in [1.807, 2.05) is 20.8 Å². The summed E-state index contributed by atoms with van der Waals surface area (Å²) in [4.78, 5) is 18.0. The summed E-state index contributed by atoms with van der Waals surface area (Å²) in [5, 5.41) is 8.96. The lowest BCUT2D eigenvalue weighted by atomic mass is 9.97. The van der Waals surface area contributed by atoms with Crippen LogP contribution in [0.1, 0.15) is 45.4 Å². The first kappa shape index (κ1) is 18.9. The van der Waals surface area contributed by atoms with Crippen molar-refractivity contribution in [2.24, 2.45) is 0 Å². The minimum absolute atomic E-state index is 0.0843. The van der Waals surface area contributed by atoms with Gasteiger partial charge in [0.25, 0.3) is 5.89 Å². The predicted octanol–water partition coefficient (Wildman–Crippen LogP) is 4.55. The first-order valence-electron chi connectivity index (χ1n) is 8.35. The van der Waals surface area contributed by atoms with E-state index in [4.69, 9.17) is 32.4 Å². The second-order valence-corrected chi connectivity index (χ2v) is 8.01. The van der Waals surface area contributed by atoms with Crippen molar-refractivity contribution >= 4 is 29.3 Å². The van der Waals surface area contributed by atoms with Gasteiger partial charge in [-0.2, -0.15) is 0 Å². The largest absolute Gasteiger partial charge is 0.444 e. The van der Waals surface area contributed by atoms with Gasteiger partial charge < -0.3 is 14.1 Å². The molecule has 0 aromatic carbocycles. The van der Waals surface area contributed by atoms with Crippen molar-refractivity contribution in [3.63, 3.8) is 0 Å². The molecule has 3 heterocycles. The van der Waals surface area contributed by atoms with E-state index in [0.29, 0.717) is 34.7 Å². The van der Waals surface area contributed by atoms with Crippen molar-refractivity contribution in [1.29, 1.82) is 0 Å². The van der Waals surface area contributed by atoms with Crippen molar-refractivity contribution in [1.82, 2.24) is 20.1 Å². The van der Waals surface area contributed by atoms with Crippen LogP contribution in [0.15, 0.2) is 16.7 Å². The molecule has 0 spiro atoms. The van der Waals surface area contributed by atoms with Crippen LogP contribution < -0.4 is 0 Å². The summed E-state index contributed by atoms with van der Waals surface area (Å²) >= 11 is 12.0. The highest BCUT2D eigenvalue weighted by molar-refractivity contribution is 6.35. The number of hydrogen-bond acceptors (Lipinski definition) is 6. The summed E-state index contributed by atoms with van der Waals surface area (Å²) in [6.07, 6.45) is 2.64. The molecular formula is C17H20Cl2N4O3. The molecule has 7 nitrogen and oxygen atoms in total. The van der Waals surface area contributed by atoms with Crippen LogP contribution in [-0.2, 0) is 4.74 Å². The zero-order valence-electron chi connectivity index (χ0n) is 14.8. The lowest BCUT2D eigenvalue weighted by molar-refractivity contribution is 0.0199. The van der Waals surface area contributed by atoms with Crippen molar-refractivity contribution in [3.8, 4) is 11.6 Å². The molecule has 0 saturated carbocycles. The Kier molecular flexibility index (Phi) is 5.39. The number of halogens is 2. The van der Waals surface area contributed by atoms with Crippen LogP contribution in [0, 0.1) is 0 Å². The minimum Gasteiger partial charge on any atom is -0.444 e. The summed E-state index contributed by atoms with van der Waals surface area (Å²) in [6, 6.07) is 1.58. The Morgan fingerprint density at radius 3 is 2.58 bits per heavy atom. The van der Waals surface area contributed by atoms with Gasteiger partial charge in [-0.1, -0.05) is 23.2 Å². The van der Waals surface area contributed by atoms with Gasteiger partial charge in [0.05, 0.1) is 10.0 Å². The summed E-state index contributed by atoms with van der Waals surface area (Å²) in [5.74, 6) is 0.869. The SMILES string of the molecule is CC(C)(C)OC(=O)N1CCC(c2nnc(-c3ncc(Cl)cc3Cl)o2)CC1. The molecule has 0 unspecified atom stereocenters. The highest BCUT2D eigenvalue weighted by Gasteiger charge is 2.30. The number of carbonyl (C=O) groups excluding carboxylic acids is 1. The third-order valence-corrected chi connectivity index (χ3v) is 4.44. The van der Waals surface area contributed by atoms with Gasteiger partial charge >= 0.3 is 6.09 Å². The molecule has 140 valence electrons. The molecule has 0 atom stereocenters. The topological polar surface area (TPSA) is 81.4 Å². The van der Waals surface area contributed by atoms with Gasteiger partial charge in [0.1, 0.15) is 11.3 Å². The number of pyridine rings is 1. The van der Waals surface area contributed by atoms with Gasteiger partial charge in [-0.25, -0.2) is 9.78 Å². The fourth-order valence-corrected chi connectivity index (χ4v) is 3.16. The van der Waals surface area contributed by atoms with Crippen molar-refractivity contribution in [2.45, 2.75) is 45.1 Å². The Morgan fingerprint density at radius 1 is 1.27 bits per heavy atom. The average molecular weight is 399 g/mol. The van der Waals surface area contributed by atoms with Gasteiger partial charge in [-0.3, -0.25) is 0 Å². The number of ether oxygens (including phenoxy) is 1. The van der Waals surface area contributed by atoms with E-state index in [1.165, 1.54) is 6.20 Å². The van der Waals surface area contributed by atoms with Crippen LogP contribution in [0.5, 0.6) is 0 Å². The molecule has 1 amide bonds. The normalized spacial score (nSPS) is 16.0. The highest BCUT2D eigenvalue weighted by Crippen LogP contribution is 2.32. The van der Waals surface area contributed by atoms with Gasteiger partial charge in [0.2, 0.25) is 5.89 Å². The smallest absolute Gasteiger partial charge is 0.410 e. The van der Waals surface area contributed by atoms with Crippen LogP contribution in [0.4, 0.5) is 4.79 Å². The van der Waals surface area contributed by atoms with Gasteiger partial charge in [-0.05, 0) is 39.7 Å². The first-order chi connectivity index (χ1) is 12.2. The third kappa shape index (κ3) is 4.45. The van der Waals surface area contributed by atoms with Crippen molar-refractivity contribution in [3.05, 3.63) is 28.2 Å². The second-order valence-electron chi connectivity index (χ2n) is 7.17. The molecule has 0 radical (unpaired) electrons. The van der Waals surface area contributed by atoms with E-state index < -0.39 is 5.60 Å². The van der Waals surface area contributed by atoms with Crippen LogP contribution in [-0.4, -0.2) is 44.9 Å². The molecule has 1 aliphatic rings. The van der Waals surface area contributed by atoms with E-state index in [2.05, 4.69) is 15.2 Å². The minimum atomic E-state index is -0.500. The first-order valence-corrected chi connectivity index (χ1v) is 9.11. The van der Waals surface area contributed by atoms with E-state index in [1.54, 1.807) is 11.0 Å². The van der Waals surface area contributed by atoms with E-state index in [9.17, 15) is 4.79 Å². The number of hydrogen-bond donors (Lipinski definition) is 0. The molecule has 2 aromatic rings. The van der Waals surface area contributed by atoms with Crippen molar-refractivity contribution < 1.29 is 13.9 Å². The number of amides is 1. The maximum atomic E-state index is 12.1. The number of aromatic nitrogens is 3. The zero-order valence-corrected chi connectivity index (χ0v) is 16.3. The van der Waals surface area contributed by atoms with Crippen LogP contribution >= 0.6 is 23.2 Å². The summed E-state index contributed by atoms with van der Waals surface area (Å²) in [5.41, 5.74) is -0.0961. The molecule has 1 aliphatic heterocycles. The third-order valence-electron chi connectivity index (χ3n) is 3.95. The molecule has 0 bridgehead atoms. The molecular weight excluding hydrogens is 379 g/mol. The monoisotopic (exact) mass is 398 g/mol. The molecule has 2 aromatic heterocycles. The molecule has 3 rings (SSSR count). The Morgan fingerprint density at radius 2 is 1.96 bits per heavy atom. The maximum absolute atomic E-state index is 12.1. The van der Waals surface area contributed by atoms with Crippen molar-refractivity contribution in [2.75, 3.05) is 13.1 Å². The van der Waals surface area contributed by atoms with Gasteiger partial charge in [0.15, 0.2) is 0 Å². The highest BCUT2D eigenvalue weighted by atomic mass is 35.5. The van der Waals surface area contributed by atoms with E-state index >= 15 is 0 Å². The Bertz CT molecular complexity index is 796. The summed E-state index contributed by atoms with van der Waals surface area (Å²) in [6.45, 7) is 6.73. The molecule has 1 saturated heterocycles. The van der Waals surface area contributed by atoms with Gasteiger partial charge in [-0.15, -0.1) is 10.2 Å². The maximum Gasteiger partial charge on any atom is 0.410 e.